The van der Waals surface area contributed by atoms with E-state index in [1.54, 1.807) is 0 Å². The van der Waals surface area contributed by atoms with E-state index in [2.05, 4.69) is 36.4 Å². The van der Waals surface area contributed by atoms with E-state index in [0.29, 0.717) is 12.8 Å². The Labute approximate surface area is 182 Å². The molecule has 1 aliphatic rings. The Morgan fingerprint density at radius 3 is 2.50 bits per heavy atom. The van der Waals surface area contributed by atoms with E-state index in [9.17, 15) is 15.0 Å². The number of aryl methyl sites for hydroxylation is 1. The number of rotatable bonds is 13. The second-order valence-corrected chi connectivity index (χ2v) is 8.92. The maximum atomic E-state index is 11.5. The molecule has 30 heavy (non-hydrogen) atoms. The summed E-state index contributed by atoms with van der Waals surface area (Å²) in [6, 6.07) is 10.6. The smallest absolute Gasteiger partial charge is 0.306 e. The molecule has 0 aliphatic heterocycles. The average Bonchev–Trinajstić information content (AvgIpc) is 2.97. The minimum absolute atomic E-state index is 0.0569. The summed E-state index contributed by atoms with van der Waals surface area (Å²) in [6.45, 7) is 3.72. The molecule has 1 fully saturated rings. The normalized spacial score (nSPS) is 24.0. The van der Waals surface area contributed by atoms with Crippen molar-refractivity contribution in [1.82, 2.24) is 0 Å². The number of carbonyl (C=O) groups is 1. The van der Waals surface area contributed by atoms with E-state index in [4.69, 9.17) is 4.74 Å². The van der Waals surface area contributed by atoms with Crippen molar-refractivity contribution in [3.8, 4) is 0 Å². The summed E-state index contributed by atoms with van der Waals surface area (Å²) in [4.78, 5) is 11.5. The average molecular weight is 417 g/mol. The molecule has 4 unspecified atom stereocenters. The van der Waals surface area contributed by atoms with Crippen LogP contribution in [-0.4, -0.2) is 34.5 Å². The van der Waals surface area contributed by atoms with Crippen LogP contribution in [0.25, 0.3) is 0 Å². The zero-order chi connectivity index (χ0) is 21.8. The quantitative estimate of drug-likeness (QED) is 0.263. The lowest BCUT2D eigenvalue weighted by Gasteiger charge is -2.22. The van der Waals surface area contributed by atoms with Crippen molar-refractivity contribution >= 4 is 5.97 Å². The summed E-state index contributed by atoms with van der Waals surface area (Å²) < 4.78 is 5.13. The third-order valence-electron chi connectivity index (χ3n) is 6.06. The highest BCUT2D eigenvalue weighted by Gasteiger charge is 2.40. The fourth-order valence-corrected chi connectivity index (χ4v) is 4.49. The van der Waals surface area contributed by atoms with Crippen molar-refractivity contribution in [2.75, 3.05) is 0 Å². The number of esters is 1. The van der Waals surface area contributed by atoms with Crippen LogP contribution in [0.1, 0.15) is 77.2 Å². The Balaban J connectivity index is 1.65. The predicted octanol–water partition coefficient (Wildman–Crippen LogP) is 5.22. The molecule has 1 aromatic carbocycles. The number of aliphatic hydroxyl groups excluding tert-OH is 2. The molecule has 0 aromatic heterocycles. The van der Waals surface area contributed by atoms with Gasteiger partial charge in [-0.2, -0.15) is 0 Å². The Kier molecular flexibility index (Phi) is 11.2. The van der Waals surface area contributed by atoms with E-state index in [0.717, 1.165) is 44.9 Å². The predicted molar refractivity (Wildman–Crippen MR) is 121 cm³/mol. The van der Waals surface area contributed by atoms with Crippen LogP contribution in [0.15, 0.2) is 42.5 Å². The first-order chi connectivity index (χ1) is 14.5. The van der Waals surface area contributed by atoms with Crippen LogP contribution in [0.5, 0.6) is 0 Å². The van der Waals surface area contributed by atoms with Crippen LogP contribution in [-0.2, 0) is 16.0 Å². The van der Waals surface area contributed by atoms with Crippen LogP contribution < -0.4 is 0 Å². The zero-order valence-corrected chi connectivity index (χ0v) is 18.7. The van der Waals surface area contributed by atoms with Crippen molar-refractivity contribution in [1.29, 1.82) is 0 Å². The molecule has 4 heteroatoms. The van der Waals surface area contributed by atoms with E-state index in [1.807, 2.05) is 19.9 Å². The van der Waals surface area contributed by atoms with Gasteiger partial charge in [0.2, 0.25) is 0 Å². The summed E-state index contributed by atoms with van der Waals surface area (Å²) >= 11 is 0. The minimum atomic E-state index is -0.417. The first kappa shape index (κ1) is 24.6. The SMILES string of the molecule is CC(C)OC(=O)CCCC=CCC1C(O)CC(O)C1CCCCCc1ccccc1. The lowest BCUT2D eigenvalue weighted by molar-refractivity contribution is -0.147. The van der Waals surface area contributed by atoms with Crippen molar-refractivity contribution in [2.45, 2.75) is 96.4 Å². The molecular weight excluding hydrogens is 376 g/mol. The van der Waals surface area contributed by atoms with Gasteiger partial charge in [-0.15, -0.1) is 0 Å². The molecule has 0 saturated heterocycles. The molecule has 4 nitrogen and oxygen atoms in total. The largest absolute Gasteiger partial charge is 0.463 e. The second-order valence-electron chi connectivity index (χ2n) is 8.92. The molecule has 0 bridgehead atoms. The van der Waals surface area contributed by atoms with Gasteiger partial charge in [0.25, 0.3) is 0 Å². The molecule has 1 aliphatic carbocycles. The molecule has 2 rings (SSSR count). The molecule has 1 aromatic rings. The van der Waals surface area contributed by atoms with Gasteiger partial charge in [0.1, 0.15) is 0 Å². The van der Waals surface area contributed by atoms with Crippen LogP contribution >= 0.6 is 0 Å². The van der Waals surface area contributed by atoms with Gasteiger partial charge in [-0.05, 0) is 76.2 Å². The Morgan fingerprint density at radius 2 is 1.77 bits per heavy atom. The fourth-order valence-electron chi connectivity index (χ4n) is 4.49. The summed E-state index contributed by atoms with van der Waals surface area (Å²) in [6.07, 6.45) is 12.2. The van der Waals surface area contributed by atoms with Crippen molar-refractivity contribution < 1.29 is 19.7 Å². The summed E-state index contributed by atoms with van der Waals surface area (Å²) in [5, 5.41) is 20.8. The van der Waals surface area contributed by atoms with Gasteiger partial charge >= 0.3 is 5.97 Å². The monoisotopic (exact) mass is 416 g/mol. The van der Waals surface area contributed by atoms with Crippen LogP contribution in [0.4, 0.5) is 0 Å². The number of benzene rings is 1. The third kappa shape index (κ3) is 9.01. The zero-order valence-electron chi connectivity index (χ0n) is 18.7. The Morgan fingerprint density at radius 1 is 1.03 bits per heavy atom. The van der Waals surface area contributed by atoms with Crippen molar-refractivity contribution in [2.24, 2.45) is 11.8 Å². The van der Waals surface area contributed by atoms with Gasteiger partial charge < -0.3 is 14.9 Å². The Hall–Kier alpha value is -1.65. The standard InChI is InChI=1S/C26H40O4/c1-20(2)30-26(29)18-12-4-3-10-16-22-23(25(28)19-24(22)27)17-11-6-9-15-21-13-7-5-8-14-21/h3,5,7-8,10,13-14,20,22-25,27-28H,4,6,9,11-12,15-19H2,1-2H3. The number of allylic oxidation sites excluding steroid dienone is 2. The van der Waals surface area contributed by atoms with Crippen LogP contribution in [0.2, 0.25) is 0 Å². The van der Waals surface area contributed by atoms with Gasteiger partial charge in [-0.1, -0.05) is 55.3 Å². The van der Waals surface area contributed by atoms with Crippen molar-refractivity contribution in [3.63, 3.8) is 0 Å². The molecule has 0 amide bonds. The van der Waals surface area contributed by atoms with Gasteiger partial charge in [-0.25, -0.2) is 0 Å². The molecule has 4 atom stereocenters. The van der Waals surface area contributed by atoms with Gasteiger partial charge in [-0.3, -0.25) is 4.79 Å². The lowest BCUT2D eigenvalue weighted by Crippen LogP contribution is -2.21. The number of hydrogen-bond donors (Lipinski definition) is 2. The molecule has 1 saturated carbocycles. The maximum Gasteiger partial charge on any atom is 0.306 e. The lowest BCUT2D eigenvalue weighted by atomic mass is 9.86. The summed E-state index contributed by atoms with van der Waals surface area (Å²) in [7, 11) is 0. The fraction of sp³-hybridized carbons (Fsp3) is 0.654. The van der Waals surface area contributed by atoms with Crippen LogP contribution in [0.3, 0.4) is 0 Å². The highest BCUT2D eigenvalue weighted by molar-refractivity contribution is 5.69. The van der Waals surface area contributed by atoms with Gasteiger partial charge in [0.05, 0.1) is 18.3 Å². The maximum absolute atomic E-state index is 11.5. The number of hydrogen-bond acceptors (Lipinski definition) is 4. The summed E-state index contributed by atoms with van der Waals surface area (Å²) in [5.41, 5.74) is 1.38. The van der Waals surface area contributed by atoms with E-state index < -0.39 is 12.2 Å². The first-order valence-corrected chi connectivity index (χ1v) is 11.7. The first-order valence-electron chi connectivity index (χ1n) is 11.7. The highest BCUT2D eigenvalue weighted by Crippen LogP contribution is 2.38. The molecular formula is C26H40O4. The van der Waals surface area contributed by atoms with Crippen molar-refractivity contribution in [3.05, 3.63) is 48.0 Å². The molecule has 0 spiro atoms. The highest BCUT2D eigenvalue weighted by atomic mass is 16.5. The Bertz CT molecular complexity index is 625. The molecule has 168 valence electrons. The number of unbranched alkanes of at least 4 members (excludes halogenated alkanes) is 3. The minimum Gasteiger partial charge on any atom is -0.463 e. The van der Waals surface area contributed by atoms with Gasteiger partial charge in [0, 0.05) is 6.42 Å². The number of carbonyl (C=O) groups excluding carboxylic acids is 1. The number of ether oxygens (including phenoxy) is 1. The van der Waals surface area contributed by atoms with Crippen LogP contribution in [0, 0.1) is 11.8 Å². The summed E-state index contributed by atoms with van der Waals surface area (Å²) in [5.74, 6) is 0.179. The van der Waals surface area contributed by atoms with E-state index in [-0.39, 0.29) is 23.9 Å². The molecule has 0 radical (unpaired) electrons. The van der Waals surface area contributed by atoms with Gasteiger partial charge in [0.15, 0.2) is 0 Å². The molecule has 0 heterocycles. The second kappa shape index (κ2) is 13.6. The third-order valence-corrected chi connectivity index (χ3v) is 6.06. The van der Waals surface area contributed by atoms with E-state index in [1.165, 1.54) is 12.0 Å². The number of aliphatic hydroxyl groups is 2. The van der Waals surface area contributed by atoms with E-state index >= 15 is 0 Å². The topological polar surface area (TPSA) is 66.8 Å². The molecule has 2 N–H and O–H groups in total.